The highest BCUT2D eigenvalue weighted by Crippen LogP contribution is 2.31. The van der Waals surface area contributed by atoms with E-state index in [2.05, 4.69) is 15.6 Å². The van der Waals surface area contributed by atoms with Gasteiger partial charge < -0.3 is 5.32 Å². The van der Waals surface area contributed by atoms with Crippen LogP contribution in [-0.4, -0.2) is 34.9 Å². The zero-order chi connectivity index (χ0) is 18.6. The number of guanidine groups is 1. The third-order valence-corrected chi connectivity index (χ3v) is 5.05. The van der Waals surface area contributed by atoms with Crippen molar-refractivity contribution in [1.29, 1.82) is 0 Å². The molecule has 0 aromatic heterocycles. The molecule has 2 aromatic rings. The summed E-state index contributed by atoms with van der Waals surface area (Å²) in [5, 5.41) is 5.76. The Labute approximate surface area is 158 Å². The number of hydrogen-bond donors (Lipinski definition) is 2. The van der Waals surface area contributed by atoms with E-state index in [1.54, 1.807) is 17.0 Å². The van der Waals surface area contributed by atoms with Crippen LogP contribution in [0.5, 0.6) is 0 Å². The Morgan fingerprint density at radius 1 is 0.889 bits per heavy atom. The van der Waals surface area contributed by atoms with E-state index in [4.69, 9.17) is 0 Å². The van der Waals surface area contributed by atoms with Crippen LogP contribution >= 0.6 is 0 Å². The van der Waals surface area contributed by atoms with Crippen molar-refractivity contribution in [3.05, 3.63) is 66.2 Å². The molecule has 1 aliphatic carbocycles. The Kier molecular flexibility index (Phi) is 4.87. The number of amides is 3. The van der Waals surface area contributed by atoms with E-state index < -0.39 is 0 Å². The molecule has 27 heavy (non-hydrogen) atoms. The van der Waals surface area contributed by atoms with Gasteiger partial charge in [-0.25, -0.2) is 9.79 Å². The largest absolute Gasteiger partial charge is 0.328 e. The van der Waals surface area contributed by atoms with Gasteiger partial charge in [-0.3, -0.25) is 15.0 Å². The summed E-state index contributed by atoms with van der Waals surface area (Å²) in [6.45, 7) is 0. The maximum atomic E-state index is 13.0. The molecule has 1 saturated carbocycles. The molecule has 6 heteroatoms. The van der Waals surface area contributed by atoms with Crippen LogP contribution in [0.25, 0.3) is 0 Å². The molecule has 3 amide bonds. The van der Waals surface area contributed by atoms with Gasteiger partial charge in [-0.1, -0.05) is 49.2 Å². The number of hydrogen-bond acceptors (Lipinski definition) is 3. The first kappa shape index (κ1) is 17.3. The van der Waals surface area contributed by atoms with Gasteiger partial charge in [-0.2, -0.15) is 0 Å². The van der Waals surface area contributed by atoms with Crippen molar-refractivity contribution in [1.82, 2.24) is 10.2 Å². The lowest BCUT2D eigenvalue weighted by Gasteiger charge is -2.31. The molecule has 1 heterocycles. The molecule has 0 unspecified atom stereocenters. The number of urea groups is 1. The van der Waals surface area contributed by atoms with E-state index in [0.717, 1.165) is 31.4 Å². The van der Waals surface area contributed by atoms with Crippen LogP contribution in [0, 0.1) is 0 Å². The van der Waals surface area contributed by atoms with Gasteiger partial charge in [0.25, 0.3) is 5.91 Å². The van der Waals surface area contributed by atoms with E-state index >= 15 is 0 Å². The molecule has 2 atom stereocenters. The fourth-order valence-corrected chi connectivity index (χ4v) is 3.73. The first-order chi connectivity index (χ1) is 13.2. The fraction of sp³-hybridized carbons (Fsp3) is 0.286. The molecule has 0 bridgehead atoms. The Bertz CT molecular complexity index is 851. The summed E-state index contributed by atoms with van der Waals surface area (Å²) in [4.78, 5) is 31.9. The van der Waals surface area contributed by atoms with Crippen molar-refractivity contribution < 1.29 is 9.59 Å². The average molecular weight is 362 g/mol. The topological polar surface area (TPSA) is 73.8 Å². The summed E-state index contributed by atoms with van der Waals surface area (Å²) < 4.78 is 0. The van der Waals surface area contributed by atoms with E-state index in [1.807, 2.05) is 48.5 Å². The molecule has 2 aliphatic rings. The zero-order valence-electron chi connectivity index (χ0n) is 15.0. The van der Waals surface area contributed by atoms with Gasteiger partial charge in [0.2, 0.25) is 5.96 Å². The minimum atomic E-state index is -0.261. The Morgan fingerprint density at radius 2 is 1.56 bits per heavy atom. The third-order valence-electron chi connectivity index (χ3n) is 5.05. The van der Waals surface area contributed by atoms with E-state index in [-0.39, 0.29) is 24.0 Å². The zero-order valence-corrected chi connectivity index (χ0v) is 15.0. The molecule has 0 radical (unpaired) electrons. The number of carbonyl (C=O) groups excluding carboxylic acids is 2. The van der Waals surface area contributed by atoms with Gasteiger partial charge in [0.1, 0.15) is 0 Å². The molecule has 2 N–H and O–H groups in total. The molecule has 6 nitrogen and oxygen atoms in total. The summed E-state index contributed by atoms with van der Waals surface area (Å²) in [5.74, 6) is 0.0830. The monoisotopic (exact) mass is 362 g/mol. The Morgan fingerprint density at radius 3 is 2.30 bits per heavy atom. The number of anilines is 1. The molecule has 1 aliphatic heterocycles. The highest BCUT2D eigenvalue weighted by Gasteiger charge is 2.41. The second-order valence-corrected chi connectivity index (χ2v) is 6.86. The summed E-state index contributed by atoms with van der Waals surface area (Å²) >= 11 is 0. The number of rotatable bonds is 2. The fourth-order valence-electron chi connectivity index (χ4n) is 3.73. The van der Waals surface area contributed by atoms with Gasteiger partial charge in [0, 0.05) is 11.3 Å². The first-order valence-corrected chi connectivity index (χ1v) is 9.32. The minimum absolute atomic E-state index is 0.00599. The molecule has 138 valence electrons. The smallest absolute Gasteiger partial charge is 0.307 e. The molecule has 0 saturated heterocycles. The molecule has 1 fully saturated rings. The van der Waals surface area contributed by atoms with Gasteiger partial charge >= 0.3 is 6.03 Å². The lowest BCUT2D eigenvalue weighted by atomic mass is 9.91. The van der Waals surface area contributed by atoms with Crippen molar-refractivity contribution >= 4 is 23.6 Å². The van der Waals surface area contributed by atoms with E-state index in [0.29, 0.717) is 11.5 Å². The maximum Gasteiger partial charge on any atom is 0.328 e. The SMILES string of the molecule is O=C(NC1=N[C@@H]2CCCC[C@H]2N1C(=O)Nc1ccccc1)c1ccccc1. The number of aliphatic imine (C=N–C) groups is 1. The number of fused-ring (bicyclic) bond motifs is 1. The normalized spacial score (nSPS) is 21.2. The summed E-state index contributed by atoms with van der Waals surface area (Å²) in [7, 11) is 0. The van der Waals surface area contributed by atoms with Gasteiger partial charge in [0.15, 0.2) is 0 Å². The van der Waals surface area contributed by atoms with Crippen LogP contribution in [0.15, 0.2) is 65.7 Å². The van der Waals surface area contributed by atoms with Crippen molar-refractivity contribution in [2.75, 3.05) is 5.32 Å². The molecular formula is C21H22N4O2. The number of carbonyl (C=O) groups is 2. The van der Waals surface area contributed by atoms with Crippen molar-refractivity contribution in [2.45, 2.75) is 37.8 Å². The van der Waals surface area contributed by atoms with E-state index in [1.165, 1.54) is 0 Å². The van der Waals surface area contributed by atoms with Crippen molar-refractivity contribution in [3.63, 3.8) is 0 Å². The highest BCUT2D eigenvalue weighted by atomic mass is 16.2. The quantitative estimate of drug-likeness (QED) is 0.856. The predicted octanol–water partition coefficient (Wildman–Crippen LogP) is 3.63. The number of para-hydroxylation sites is 1. The molecule has 0 spiro atoms. The Hall–Kier alpha value is -3.15. The number of nitrogens with zero attached hydrogens (tertiary/aromatic N) is 2. The summed E-state index contributed by atoms with van der Waals surface area (Å²) in [6.07, 6.45) is 3.98. The molecule has 4 rings (SSSR count). The maximum absolute atomic E-state index is 13.0. The van der Waals surface area contributed by atoms with Gasteiger partial charge in [-0.15, -0.1) is 0 Å². The van der Waals surface area contributed by atoms with Crippen LogP contribution < -0.4 is 10.6 Å². The van der Waals surface area contributed by atoms with Crippen molar-refractivity contribution in [3.8, 4) is 0 Å². The van der Waals surface area contributed by atoms with Crippen LogP contribution in [0.4, 0.5) is 10.5 Å². The predicted molar refractivity (Wildman–Crippen MR) is 105 cm³/mol. The van der Waals surface area contributed by atoms with Crippen LogP contribution in [0.3, 0.4) is 0 Å². The second-order valence-electron chi connectivity index (χ2n) is 6.86. The van der Waals surface area contributed by atoms with Crippen LogP contribution in [0.2, 0.25) is 0 Å². The van der Waals surface area contributed by atoms with Crippen LogP contribution in [-0.2, 0) is 0 Å². The number of nitrogens with one attached hydrogen (secondary N) is 2. The minimum Gasteiger partial charge on any atom is -0.307 e. The standard InChI is InChI=1S/C21H22N4O2/c26-19(15-9-3-1-4-10-15)24-20-23-17-13-7-8-14-18(17)25(20)21(27)22-16-11-5-2-6-12-16/h1-6,9-12,17-18H,7-8,13-14H2,(H,22,27)(H,23,24,26)/t17-,18-/m1/s1. The Balaban J connectivity index is 1.55. The first-order valence-electron chi connectivity index (χ1n) is 9.32. The lowest BCUT2D eigenvalue weighted by molar-refractivity contribution is 0.0973. The van der Waals surface area contributed by atoms with Gasteiger partial charge in [0.05, 0.1) is 12.1 Å². The van der Waals surface area contributed by atoms with Crippen molar-refractivity contribution in [2.24, 2.45) is 4.99 Å². The van der Waals surface area contributed by atoms with Gasteiger partial charge in [-0.05, 0) is 37.1 Å². The highest BCUT2D eigenvalue weighted by molar-refractivity contribution is 6.12. The molecular weight excluding hydrogens is 340 g/mol. The third kappa shape index (κ3) is 3.69. The summed E-state index contributed by atoms with van der Waals surface area (Å²) in [5.41, 5.74) is 1.26. The second kappa shape index (κ2) is 7.61. The summed E-state index contributed by atoms with van der Waals surface area (Å²) in [6, 6.07) is 18.1. The van der Waals surface area contributed by atoms with E-state index in [9.17, 15) is 9.59 Å². The molecule has 2 aromatic carbocycles. The van der Waals surface area contributed by atoms with Crippen LogP contribution in [0.1, 0.15) is 36.0 Å². The lowest BCUT2D eigenvalue weighted by Crippen LogP contribution is -2.52. The number of benzene rings is 2. The average Bonchev–Trinajstić information content (AvgIpc) is 3.07.